The number of carbonyl (C=O) groups is 5. The lowest BCUT2D eigenvalue weighted by Gasteiger charge is -2.23. The van der Waals surface area contributed by atoms with Crippen molar-refractivity contribution >= 4 is 36.0 Å². The zero-order chi connectivity index (χ0) is 25.8. The molecule has 2 atom stereocenters. The number of aromatic carboxylic acids is 1. The molecule has 6 N–H and O–H groups in total. The molecular formula is C23H23N5O7. The molecule has 12 nitrogen and oxygen atoms in total. The van der Waals surface area contributed by atoms with Crippen LogP contribution in [-0.2, 0) is 19.9 Å². The minimum atomic E-state index is -1.42. The van der Waals surface area contributed by atoms with E-state index in [1.54, 1.807) is 24.3 Å². The Morgan fingerprint density at radius 3 is 2.46 bits per heavy atom. The molecule has 0 aliphatic carbocycles. The van der Waals surface area contributed by atoms with Crippen LogP contribution >= 0.6 is 0 Å². The monoisotopic (exact) mass is 481 g/mol. The highest BCUT2D eigenvalue weighted by Crippen LogP contribution is 2.29. The van der Waals surface area contributed by atoms with Crippen LogP contribution < -0.4 is 16.5 Å². The molecule has 4 amide bonds. The molecule has 35 heavy (non-hydrogen) atoms. The van der Waals surface area contributed by atoms with Gasteiger partial charge in [-0.1, -0.05) is 36.4 Å². The molecule has 12 heteroatoms. The summed E-state index contributed by atoms with van der Waals surface area (Å²) >= 11 is 0. The van der Waals surface area contributed by atoms with E-state index >= 15 is 0 Å². The number of urea groups is 1. The van der Waals surface area contributed by atoms with E-state index in [2.05, 4.69) is 15.7 Å². The molecular weight excluding hydrogens is 458 g/mol. The summed E-state index contributed by atoms with van der Waals surface area (Å²) in [5, 5.41) is 26.9. The van der Waals surface area contributed by atoms with E-state index in [0.717, 1.165) is 4.90 Å². The predicted octanol–water partition coefficient (Wildman–Crippen LogP) is 0.777. The first-order valence-corrected chi connectivity index (χ1v) is 10.4. The number of hydrazone groups is 1. The Bertz CT molecular complexity index is 1210. The van der Waals surface area contributed by atoms with Crippen LogP contribution in [0.2, 0.25) is 0 Å². The molecule has 0 aromatic heterocycles. The van der Waals surface area contributed by atoms with Crippen molar-refractivity contribution in [1.29, 1.82) is 0 Å². The molecule has 2 aromatic rings. The second-order valence-corrected chi connectivity index (χ2v) is 8.00. The number of amides is 4. The number of hydrogen-bond donors (Lipinski definition) is 5. The molecule has 1 aliphatic heterocycles. The Morgan fingerprint density at radius 2 is 1.86 bits per heavy atom. The number of benzene rings is 2. The minimum absolute atomic E-state index is 0.0826. The van der Waals surface area contributed by atoms with Gasteiger partial charge in [0.15, 0.2) is 0 Å². The Hall–Kier alpha value is -4.74. The molecule has 1 saturated heterocycles. The summed E-state index contributed by atoms with van der Waals surface area (Å²) in [6.07, 6.45) is 0.878. The average Bonchev–Trinajstić information content (AvgIpc) is 3.03. The Balaban J connectivity index is 1.77. The lowest BCUT2D eigenvalue weighted by molar-refractivity contribution is -0.138. The van der Waals surface area contributed by atoms with Gasteiger partial charge >= 0.3 is 18.0 Å². The van der Waals surface area contributed by atoms with Crippen LogP contribution in [-0.4, -0.2) is 57.7 Å². The number of hydrogen-bond acceptors (Lipinski definition) is 7. The van der Waals surface area contributed by atoms with Gasteiger partial charge in [0.05, 0.1) is 24.2 Å². The maximum Gasteiger partial charge on any atom is 0.335 e. The van der Waals surface area contributed by atoms with E-state index < -0.39 is 54.3 Å². The summed E-state index contributed by atoms with van der Waals surface area (Å²) in [4.78, 5) is 61.7. The number of carboxylic acids is 2. The SMILES string of the molecule is CC1(c2ccc(/C=N/N)cc2)NC(=O)N(CC(=O)NC(CC(=O)O)c2cccc(C(=O)O)c2)C1=O. The highest BCUT2D eigenvalue weighted by molar-refractivity contribution is 6.09. The van der Waals surface area contributed by atoms with Crippen LogP contribution in [0.5, 0.6) is 0 Å². The molecule has 1 aliphatic rings. The number of nitrogens with zero attached hydrogens (tertiary/aromatic N) is 2. The fourth-order valence-electron chi connectivity index (χ4n) is 3.72. The smallest absolute Gasteiger partial charge is 0.335 e. The number of imide groups is 1. The van der Waals surface area contributed by atoms with Crippen LogP contribution in [0.4, 0.5) is 4.79 Å². The largest absolute Gasteiger partial charge is 0.481 e. The number of carbonyl (C=O) groups excluding carboxylic acids is 3. The van der Waals surface area contributed by atoms with Crippen molar-refractivity contribution in [3.8, 4) is 0 Å². The normalized spacial score (nSPS) is 18.4. The summed E-state index contributed by atoms with van der Waals surface area (Å²) in [5.41, 5.74) is -0.0949. The van der Waals surface area contributed by atoms with Crippen molar-refractivity contribution in [2.45, 2.75) is 24.9 Å². The van der Waals surface area contributed by atoms with Crippen molar-refractivity contribution in [2.24, 2.45) is 10.9 Å². The van der Waals surface area contributed by atoms with E-state index in [1.165, 1.54) is 37.4 Å². The van der Waals surface area contributed by atoms with E-state index in [9.17, 15) is 34.2 Å². The van der Waals surface area contributed by atoms with Gasteiger partial charge < -0.3 is 26.7 Å². The van der Waals surface area contributed by atoms with Gasteiger partial charge in [-0.05, 0) is 35.7 Å². The van der Waals surface area contributed by atoms with E-state index in [1.807, 2.05) is 0 Å². The van der Waals surface area contributed by atoms with Gasteiger partial charge in [-0.15, -0.1) is 0 Å². The van der Waals surface area contributed by atoms with Crippen LogP contribution in [0.3, 0.4) is 0 Å². The maximum atomic E-state index is 13.1. The van der Waals surface area contributed by atoms with Crippen molar-refractivity contribution in [3.63, 3.8) is 0 Å². The lowest BCUT2D eigenvalue weighted by Crippen LogP contribution is -2.44. The van der Waals surface area contributed by atoms with E-state index in [0.29, 0.717) is 11.1 Å². The summed E-state index contributed by atoms with van der Waals surface area (Å²) in [5.74, 6) is 1.22. The fourth-order valence-corrected chi connectivity index (χ4v) is 3.72. The summed E-state index contributed by atoms with van der Waals surface area (Å²) in [6, 6.07) is 10.2. The summed E-state index contributed by atoms with van der Waals surface area (Å²) < 4.78 is 0. The van der Waals surface area contributed by atoms with Crippen molar-refractivity contribution in [2.75, 3.05) is 6.54 Å². The van der Waals surface area contributed by atoms with Gasteiger partial charge in [-0.3, -0.25) is 19.3 Å². The fraction of sp³-hybridized carbons (Fsp3) is 0.217. The number of carboxylic acid groups (broad SMARTS) is 2. The molecule has 3 rings (SSSR count). The van der Waals surface area contributed by atoms with Gasteiger partial charge in [0.25, 0.3) is 5.91 Å². The van der Waals surface area contributed by atoms with Gasteiger partial charge in [0.1, 0.15) is 12.1 Å². The van der Waals surface area contributed by atoms with Crippen molar-refractivity contribution in [1.82, 2.24) is 15.5 Å². The number of rotatable bonds is 9. The average molecular weight is 481 g/mol. The van der Waals surface area contributed by atoms with Gasteiger partial charge in [0.2, 0.25) is 5.91 Å². The third-order valence-corrected chi connectivity index (χ3v) is 5.54. The van der Waals surface area contributed by atoms with Gasteiger partial charge in [-0.2, -0.15) is 5.10 Å². The third-order valence-electron chi connectivity index (χ3n) is 5.54. The first kappa shape index (κ1) is 24.9. The Kier molecular flexibility index (Phi) is 7.14. The Morgan fingerprint density at radius 1 is 1.17 bits per heavy atom. The number of aliphatic carboxylic acids is 1. The summed E-state index contributed by atoms with van der Waals surface area (Å²) in [6.45, 7) is 0.842. The standard InChI is InChI=1S/C23H23N5O7/c1-23(16-7-5-13(6-8-16)11-25-24)21(34)28(22(35)27-23)12-18(29)26-17(10-19(30)31)14-3-2-4-15(9-14)20(32)33/h2-9,11,17H,10,12,24H2,1H3,(H,26,29)(H,27,35)(H,30,31)(H,32,33)/b25-11+. The lowest BCUT2D eigenvalue weighted by atomic mass is 9.91. The number of nitrogens with two attached hydrogens (primary N) is 1. The minimum Gasteiger partial charge on any atom is -0.481 e. The highest BCUT2D eigenvalue weighted by Gasteiger charge is 2.49. The molecule has 1 heterocycles. The molecule has 2 aromatic carbocycles. The van der Waals surface area contributed by atoms with E-state index in [4.69, 9.17) is 5.84 Å². The summed E-state index contributed by atoms with van der Waals surface area (Å²) in [7, 11) is 0. The highest BCUT2D eigenvalue weighted by atomic mass is 16.4. The van der Waals surface area contributed by atoms with E-state index in [-0.39, 0.29) is 11.1 Å². The van der Waals surface area contributed by atoms with Crippen LogP contribution in [0.1, 0.15) is 46.4 Å². The van der Waals surface area contributed by atoms with Crippen LogP contribution in [0, 0.1) is 0 Å². The molecule has 0 bridgehead atoms. The topological polar surface area (TPSA) is 191 Å². The second kappa shape index (κ2) is 10.0. The van der Waals surface area contributed by atoms with Crippen molar-refractivity contribution in [3.05, 3.63) is 70.8 Å². The molecule has 1 fully saturated rings. The van der Waals surface area contributed by atoms with Crippen LogP contribution in [0.25, 0.3) is 0 Å². The molecule has 0 saturated carbocycles. The van der Waals surface area contributed by atoms with Crippen molar-refractivity contribution < 1.29 is 34.2 Å². The number of nitrogens with one attached hydrogen (secondary N) is 2. The zero-order valence-corrected chi connectivity index (χ0v) is 18.6. The van der Waals surface area contributed by atoms with Gasteiger partial charge in [0, 0.05) is 0 Å². The van der Waals surface area contributed by atoms with Crippen LogP contribution in [0.15, 0.2) is 53.6 Å². The molecule has 0 spiro atoms. The molecule has 0 radical (unpaired) electrons. The van der Waals surface area contributed by atoms with Gasteiger partial charge in [-0.25, -0.2) is 9.59 Å². The quantitative estimate of drug-likeness (QED) is 0.150. The maximum absolute atomic E-state index is 13.1. The Labute approximate surface area is 199 Å². The molecule has 182 valence electrons. The second-order valence-electron chi connectivity index (χ2n) is 8.00. The first-order valence-electron chi connectivity index (χ1n) is 10.4. The first-order chi connectivity index (χ1) is 16.5. The predicted molar refractivity (Wildman–Crippen MR) is 122 cm³/mol. The molecule has 2 unspecified atom stereocenters. The zero-order valence-electron chi connectivity index (χ0n) is 18.6. The third kappa shape index (κ3) is 5.43.